The van der Waals surface area contributed by atoms with Crippen LogP contribution < -0.4 is 0 Å². The molecule has 2 aliphatic rings. The number of fused-ring (bicyclic) bond motifs is 1. The SMILES string of the molecule is O=S(=O)(N1Cc2ccccc2C1)N1CCCCC1CO. The molecule has 6 heteroatoms. The lowest BCUT2D eigenvalue weighted by molar-refractivity contribution is 0.147. The largest absolute Gasteiger partial charge is 0.395 e. The van der Waals surface area contributed by atoms with Gasteiger partial charge in [0.15, 0.2) is 0 Å². The van der Waals surface area contributed by atoms with Crippen LogP contribution in [0.15, 0.2) is 24.3 Å². The van der Waals surface area contributed by atoms with Crippen LogP contribution in [-0.2, 0) is 23.3 Å². The number of hydrogen-bond acceptors (Lipinski definition) is 3. The lowest BCUT2D eigenvalue weighted by atomic mass is 10.1. The Morgan fingerprint density at radius 2 is 1.80 bits per heavy atom. The average Bonchev–Trinajstić information content (AvgIpc) is 2.92. The summed E-state index contributed by atoms with van der Waals surface area (Å²) in [6, 6.07) is 7.56. The van der Waals surface area contributed by atoms with Gasteiger partial charge >= 0.3 is 0 Å². The minimum atomic E-state index is -3.48. The highest BCUT2D eigenvalue weighted by Gasteiger charge is 2.38. The van der Waals surface area contributed by atoms with Crippen molar-refractivity contribution in [1.82, 2.24) is 8.61 Å². The number of aliphatic hydroxyl groups is 1. The third kappa shape index (κ3) is 2.37. The number of rotatable bonds is 3. The van der Waals surface area contributed by atoms with E-state index in [1.807, 2.05) is 24.3 Å². The minimum absolute atomic E-state index is 0.0972. The molecule has 2 aliphatic heterocycles. The lowest BCUT2D eigenvalue weighted by Crippen LogP contribution is -2.50. The second-order valence-corrected chi connectivity index (χ2v) is 7.37. The summed E-state index contributed by atoms with van der Waals surface area (Å²) < 4.78 is 28.5. The topological polar surface area (TPSA) is 60.9 Å². The number of nitrogens with zero attached hydrogens (tertiary/aromatic N) is 2. The van der Waals surface area contributed by atoms with Gasteiger partial charge in [-0.1, -0.05) is 30.7 Å². The Labute approximate surface area is 120 Å². The molecule has 110 valence electrons. The highest BCUT2D eigenvalue weighted by molar-refractivity contribution is 7.86. The van der Waals surface area contributed by atoms with Gasteiger partial charge in [-0.2, -0.15) is 17.0 Å². The van der Waals surface area contributed by atoms with Gasteiger partial charge in [-0.25, -0.2) is 0 Å². The number of benzene rings is 1. The fourth-order valence-corrected chi connectivity index (χ4v) is 4.88. The van der Waals surface area contributed by atoms with E-state index in [-0.39, 0.29) is 12.6 Å². The maximum atomic E-state index is 12.8. The van der Waals surface area contributed by atoms with E-state index in [0.29, 0.717) is 19.6 Å². The van der Waals surface area contributed by atoms with Crippen molar-refractivity contribution in [3.05, 3.63) is 35.4 Å². The molecule has 0 aromatic heterocycles. The molecule has 1 aromatic rings. The monoisotopic (exact) mass is 296 g/mol. The number of piperidine rings is 1. The summed E-state index contributed by atoms with van der Waals surface area (Å²) in [7, 11) is -3.48. The Bertz CT molecular complexity index is 563. The smallest absolute Gasteiger partial charge is 0.282 e. The summed E-state index contributed by atoms with van der Waals surface area (Å²) in [6.45, 7) is 1.29. The van der Waals surface area contributed by atoms with Gasteiger partial charge in [-0.15, -0.1) is 0 Å². The maximum Gasteiger partial charge on any atom is 0.282 e. The van der Waals surface area contributed by atoms with Crippen molar-refractivity contribution in [2.24, 2.45) is 0 Å². The first kappa shape index (κ1) is 14.0. The van der Waals surface area contributed by atoms with Crippen molar-refractivity contribution in [3.8, 4) is 0 Å². The molecule has 0 spiro atoms. The summed E-state index contributed by atoms with van der Waals surface area (Å²) in [5, 5.41) is 9.42. The van der Waals surface area contributed by atoms with Crippen LogP contribution in [0.1, 0.15) is 30.4 Å². The predicted molar refractivity (Wildman–Crippen MR) is 76.0 cm³/mol. The highest BCUT2D eigenvalue weighted by atomic mass is 32.2. The zero-order valence-corrected chi connectivity index (χ0v) is 12.2. The van der Waals surface area contributed by atoms with Crippen molar-refractivity contribution >= 4 is 10.2 Å². The molecule has 2 heterocycles. The van der Waals surface area contributed by atoms with Crippen LogP contribution >= 0.6 is 0 Å². The van der Waals surface area contributed by atoms with Crippen LogP contribution in [-0.4, -0.2) is 41.3 Å². The molecule has 0 aliphatic carbocycles. The molecular formula is C14H20N2O3S. The number of hydrogen-bond donors (Lipinski definition) is 1. The first-order chi connectivity index (χ1) is 9.63. The van der Waals surface area contributed by atoms with Gasteiger partial charge in [0.1, 0.15) is 0 Å². The summed E-state index contributed by atoms with van der Waals surface area (Å²) >= 11 is 0. The van der Waals surface area contributed by atoms with E-state index in [2.05, 4.69) is 0 Å². The molecule has 0 saturated carbocycles. The van der Waals surface area contributed by atoms with E-state index in [9.17, 15) is 13.5 Å². The Morgan fingerprint density at radius 3 is 2.40 bits per heavy atom. The van der Waals surface area contributed by atoms with E-state index in [0.717, 1.165) is 30.4 Å². The van der Waals surface area contributed by atoms with Gasteiger partial charge in [-0.05, 0) is 24.0 Å². The third-order valence-corrected chi connectivity index (χ3v) is 6.20. The van der Waals surface area contributed by atoms with Crippen LogP contribution in [0.4, 0.5) is 0 Å². The molecule has 0 radical (unpaired) electrons. The average molecular weight is 296 g/mol. The summed E-state index contributed by atoms with van der Waals surface area (Å²) in [5.41, 5.74) is 2.15. The van der Waals surface area contributed by atoms with Gasteiger partial charge in [0, 0.05) is 25.7 Å². The van der Waals surface area contributed by atoms with Crippen molar-refractivity contribution in [3.63, 3.8) is 0 Å². The Morgan fingerprint density at radius 1 is 1.15 bits per heavy atom. The van der Waals surface area contributed by atoms with Gasteiger partial charge in [0.05, 0.1) is 6.61 Å². The second kappa shape index (κ2) is 5.44. The number of aliphatic hydroxyl groups excluding tert-OH is 1. The van der Waals surface area contributed by atoms with E-state index in [1.165, 1.54) is 8.61 Å². The van der Waals surface area contributed by atoms with Crippen LogP contribution in [0, 0.1) is 0 Å². The molecule has 0 bridgehead atoms. The van der Waals surface area contributed by atoms with Crippen LogP contribution in [0.5, 0.6) is 0 Å². The van der Waals surface area contributed by atoms with Crippen molar-refractivity contribution in [2.75, 3.05) is 13.2 Å². The van der Waals surface area contributed by atoms with Crippen molar-refractivity contribution < 1.29 is 13.5 Å². The molecule has 20 heavy (non-hydrogen) atoms. The van der Waals surface area contributed by atoms with Gasteiger partial charge in [0.25, 0.3) is 10.2 Å². The van der Waals surface area contributed by atoms with Crippen molar-refractivity contribution in [1.29, 1.82) is 0 Å². The molecule has 1 N–H and O–H groups in total. The van der Waals surface area contributed by atoms with E-state index in [4.69, 9.17) is 0 Å². The van der Waals surface area contributed by atoms with Gasteiger partial charge in [-0.3, -0.25) is 0 Å². The molecule has 5 nitrogen and oxygen atoms in total. The minimum Gasteiger partial charge on any atom is -0.395 e. The molecule has 1 atom stereocenters. The zero-order chi connectivity index (χ0) is 14.2. The van der Waals surface area contributed by atoms with E-state index >= 15 is 0 Å². The highest BCUT2D eigenvalue weighted by Crippen LogP contribution is 2.29. The Balaban J connectivity index is 1.83. The zero-order valence-electron chi connectivity index (χ0n) is 11.4. The fraction of sp³-hybridized carbons (Fsp3) is 0.571. The second-order valence-electron chi connectivity index (χ2n) is 5.49. The summed E-state index contributed by atoms with van der Waals surface area (Å²) in [4.78, 5) is 0. The van der Waals surface area contributed by atoms with Crippen LogP contribution in [0.3, 0.4) is 0 Å². The molecule has 1 aromatic carbocycles. The molecule has 1 fully saturated rings. The first-order valence-corrected chi connectivity index (χ1v) is 8.47. The maximum absolute atomic E-state index is 12.8. The summed E-state index contributed by atoms with van der Waals surface area (Å²) in [5.74, 6) is 0. The van der Waals surface area contributed by atoms with E-state index in [1.54, 1.807) is 0 Å². The van der Waals surface area contributed by atoms with Crippen molar-refractivity contribution in [2.45, 2.75) is 38.4 Å². The van der Waals surface area contributed by atoms with Gasteiger partial charge < -0.3 is 5.11 Å². The van der Waals surface area contributed by atoms with E-state index < -0.39 is 10.2 Å². The quantitative estimate of drug-likeness (QED) is 0.908. The summed E-state index contributed by atoms with van der Waals surface area (Å²) in [6.07, 6.45) is 2.60. The van der Waals surface area contributed by atoms with Crippen LogP contribution in [0.25, 0.3) is 0 Å². The fourth-order valence-electron chi connectivity index (χ4n) is 3.07. The third-order valence-electron chi connectivity index (χ3n) is 4.22. The molecular weight excluding hydrogens is 276 g/mol. The Hall–Kier alpha value is -0.950. The standard InChI is InChI=1S/C14H20N2O3S/c17-11-14-7-3-4-8-16(14)20(18,19)15-9-12-5-1-2-6-13(12)10-15/h1-2,5-6,14,17H,3-4,7-11H2. The van der Waals surface area contributed by atoms with Crippen LogP contribution in [0.2, 0.25) is 0 Å². The molecule has 1 unspecified atom stereocenters. The Kier molecular flexibility index (Phi) is 3.81. The van der Waals surface area contributed by atoms with Gasteiger partial charge in [0.2, 0.25) is 0 Å². The lowest BCUT2D eigenvalue weighted by Gasteiger charge is -2.35. The molecule has 3 rings (SSSR count). The molecule has 1 saturated heterocycles. The predicted octanol–water partition coefficient (Wildman–Crippen LogP) is 1.09. The molecule has 0 amide bonds. The first-order valence-electron chi connectivity index (χ1n) is 7.07. The normalized spacial score (nSPS) is 24.8.